The van der Waals surface area contributed by atoms with Gasteiger partial charge in [0, 0.05) is 38.3 Å². The maximum atomic E-state index is 5.24. The zero-order valence-corrected chi connectivity index (χ0v) is 33.3. The molecule has 0 aliphatic heterocycles. The highest BCUT2D eigenvalue weighted by molar-refractivity contribution is 6.14. The van der Waals surface area contributed by atoms with E-state index in [-0.39, 0.29) is 5.41 Å². The van der Waals surface area contributed by atoms with Crippen LogP contribution < -0.4 is 0 Å². The summed E-state index contributed by atoms with van der Waals surface area (Å²) in [5.41, 5.74) is 13.8. The van der Waals surface area contributed by atoms with Gasteiger partial charge in [-0.05, 0) is 85.9 Å². The maximum absolute atomic E-state index is 5.24. The normalized spacial score (nSPS) is 13.0. The zero-order valence-electron chi connectivity index (χ0n) is 33.3. The molecule has 60 heavy (non-hydrogen) atoms. The molecule has 12 rings (SSSR count). The van der Waals surface area contributed by atoms with Crippen molar-refractivity contribution in [3.63, 3.8) is 0 Å². The summed E-state index contributed by atoms with van der Waals surface area (Å²) in [5, 5.41) is 7.31. The molecule has 0 bridgehead atoms. The van der Waals surface area contributed by atoms with Crippen LogP contribution in [0, 0.1) is 0 Å². The highest BCUT2D eigenvalue weighted by atomic mass is 15.0. The van der Waals surface area contributed by atoms with Gasteiger partial charge in [-0.15, -0.1) is 0 Å². The highest BCUT2D eigenvalue weighted by Crippen LogP contribution is 2.53. The number of fused-ring (bicyclic) bond motifs is 9. The summed E-state index contributed by atoms with van der Waals surface area (Å²) in [6.45, 7) is 4.77. The fourth-order valence-electron chi connectivity index (χ4n) is 9.80. The van der Waals surface area contributed by atoms with Crippen molar-refractivity contribution in [2.75, 3.05) is 0 Å². The first kappa shape index (κ1) is 34.4. The minimum absolute atomic E-state index is 0.180. The van der Waals surface area contributed by atoms with Crippen molar-refractivity contribution in [2.24, 2.45) is 0 Å². The molecule has 0 saturated carbocycles. The quantitative estimate of drug-likeness (QED) is 0.175. The molecule has 9 aromatic carbocycles. The summed E-state index contributed by atoms with van der Waals surface area (Å²) in [6, 6.07) is 69.4. The Balaban J connectivity index is 1.07. The maximum Gasteiger partial charge on any atom is 0.164 e. The van der Waals surface area contributed by atoms with Gasteiger partial charge in [0.2, 0.25) is 0 Å². The Kier molecular flexibility index (Phi) is 7.54. The van der Waals surface area contributed by atoms with E-state index in [2.05, 4.69) is 188 Å². The molecule has 4 nitrogen and oxygen atoms in total. The van der Waals surface area contributed by atoms with Crippen molar-refractivity contribution < 1.29 is 0 Å². The van der Waals surface area contributed by atoms with Crippen molar-refractivity contribution >= 4 is 43.4 Å². The van der Waals surface area contributed by atoms with Crippen LogP contribution in [0.3, 0.4) is 0 Å². The first-order chi connectivity index (χ1) is 29.5. The van der Waals surface area contributed by atoms with Crippen LogP contribution in [0.2, 0.25) is 0 Å². The summed E-state index contributed by atoms with van der Waals surface area (Å²) in [5.74, 6) is 1.91. The van der Waals surface area contributed by atoms with Gasteiger partial charge in [-0.3, -0.25) is 0 Å². The first-order valence-electron chi connectivity index (χ1n) is 20.6. The average molecular weight is 767 g/mol. The van der Waals surface area contributed by atoms with Gasteiger partial charge in [0.15, 0.2) is 17.5 Å². The molecule has 0 spiro atoms. The third-order valence-electron chi connectivity index (χ3n) is 12.6. The van der Waals surface area contributed by atoms with E-state index in [9.17, 15) is 0 Å². The second kappa shape index (κ2) is 13.2. The molecular formula is C56H38N4. The molecule has 1 aliphatic carbocycles. The lowest BCUT2D eigenvalue weighted by atomic mass is 9.80. The van der Waals surface area contributed by atoms with Crippen LogP contribution in [0.15, 0.2) is 194 Å². The molecule has 0 N–H and O–H groups in total. The van der Waals surface area contributed by atoms with E-state index in [0.29, 0.717) is 17.5 Å². The summed E-state index contributed by atoms with van der Waals surface area (Å²) in [7, 11) is 0. The molecule has 2 heterocycles. The van der Waals surface area contributed by atoms with E-state index in [1.807, 2.05) is 24.3 Å². The van der Waals surface area contributed by atoms with Gasteiger partial charge >= 0.3 is 0 Å². The minimum atomic E-state index is -0.180. The second-order valence-electron chi connectivity index (χ2n) is 16.4. The molecule has 282 valence electrons. The number of hydrogen-bond acceptors (Lipinski definition) is 3. The van der Waals surface area contributed by atoms with E-state index in [4.69, 9.17) is 15.0 Å². The smallest absolute Gasteiger partial charge is 0.164 e. The van der Waals surface area contributed by atoms with E-state index >= 15 is 0 Å². The Hall–Kier alpha value is -7.69. The minimum Gasteiger partial charge on any atom is -0.309 e. The largest absolute Gasteiger partial charge is 0.309 e. The molecule has 4 heteroatoms. The average Bonchev–Trinajstić information content (AvgIpc) is 3.75. The number of nitrogens with zero attached hydrogens (tertiary/aromatic N) is 4. The molecule has 0 radical (unpaired) electrons. The molecule has 0 amide bonds. The third-order valence-corrected chi connectivity index (χ3v) is 12.6. The Morgan fingerprint density at radius 3 is 1.77 bits per heavy atom. The number of benzene rings is 9. The SMILES string of the molecule is CC1(C)c2cc3c(cc2-c2ccc4ccccc4c21)c1ccccc1n3-c1ccc(-c2nc(-c3ccccc3)nc(-c3cccc(-c4ccccc4)c3)n2)c2ccccc12. The first-order valence-corrected chi connectivity index (χ1v) is 20.6. The van der Waals surface area contributed by atoms with Crippen molar-refractivity contribution in [3.8, 4) is 62.1 Å². The summed E-state index contributed by atoms with van der Waals surface area (Å²) >= 11 is 0. The van der Waals surface area contributed by atoms with Gasteiger partial charge in [-0.2, -0.15) is 0 Å². The lowest BCUT2D eigenvalue weighted by molar-refractivity contribution is 0.667. The van der Waals surface area contributed by atoms with E-state index in [1.54, 1.807) is 0 Å². The summed E-state index contributed by atoms with van der Waals surface area (Å²) < 4.78 is 2.47. The lowest BCUT2D eigenvalue weighted by Gasteiger charge is -2.23. The van der Waals surface area contributed by atoms with Crippen LogP contribution in [-0.2, 0) is 5.41 Å². The Labute approximate surface area is 348 Å². The molecule has 11 aromatic rings. The fraction of sp³-hybridized carbons (Fsp3) is 0.0536. The zero-order chi connectivity index (χ0) is 40.0. The van der Waals surface area contributed by atoms with Gasteiger partial charge in [-0.25, -0.2) is 15.0 Å². The Bertz CT molecular complexity index is 3510. The molecule has 0 atom stereocenters. The predicted molar refractivity (Wildman–Crippen MR) is 248 cm³/mol. The molecular weight excluding hydrogens is 729 g/mol. The predicted octanol–water partition coefficient (Wildman–Crippen LogP) is 14.2. The summed E-state index contributed by atoms with van der Waals surface area (Å²) in [6.07, 6.45) is 0. The van der Waals surface area contributed by atoms with E-state index in [0.717, 1.165) is 44.3 Å². The van der Waals surface area contributed by atoms with Crippen molar-refractivity contribution in [1.29, 1.82) is 0 Å². The molecule has 0 unspecified atom stereocenters. The van der Waals surface area contributed by atoms with Crippen LogP contribution in [0.5, 0.6) is 0 Å². The monoisotopic (exact) mass is 766 g/mol. The van der Waals surface area contributed by atoms with Crippen LogP contribution in [-0.4, -0.2) is 19.5 Å². The Morgan fingerprint density at radius 2 is 0.967 bits per heavy atom. The lowest BCUT2D eigenvalue weighted by Crippen LogP contribution is -2.15. The van der Waals surface area contributed by atoms with Crippen molar-refractivity contribution in [2.45, 2.75) is 19.3 Å². The van der Waals surface area contributed by atoms with Gasteiger partial charge in [-0.1, -0.05) is 172 Å². The fourth-order valence-corrected chi connectivity index (χ4v) is 9.80. The summed E-state index contributed by atoms with van der Waals surface area (Å²) in [4.78, 5) is 15.5. The number of rotatable bonds is 5. The van der Waals surface area contributed by atoms with Gasteiger partial charge in [0.25, 0.3) is 0 Å². The Morgan fingerprint density at radius 1 is 0.367 bits per heavy atom. The molecule has 1 aliphatic rings. The number of hydrogen-bond donors (Lipinski definition) is 0. The van der Waals surface area contributed by atoms with Gasteiger partial charge < -0.3 is 4.57 Å². The number of aromatic nitrogens is 4. The molecule has 0 fully saturated rings. The second-order valence-corrected chi connectivity index (χ2v) is 16.4. The van der Waals surface area contributed by atoms with Crippen molar-refractivity contribution in [1.82, 2.24) is 19.5 Å². The topological polar surface area (TPSA) is 43.6 Å². The third kappa shape index (κ3) is 5.20. The van der Waals surface area contributed by atoms with Crippen LogP contribution in [0.4, 0.5) is 0 Å². The van der Waals surface area contributed by atoms with Crippen LogP contribution in [0.1, 0.15) is 25.0 Å². The van der Waals surface area contributed by atoms with Crippen molar-refractivity contribution in [3.05, 3.63) is 205 Å². The standard InChI is InChI=1S/C56H38N4/c1-56(2)48-34-51-47(33-46(48)44-29-28-36-18-9-10-23-40(36)52(44)56)43-26-13-14-27-49(43)60(51)50-31-30-45(41-24-11-12-25-42(41)50)55-58-53(37-19-7-4-8-20-37)57-54(59-55)39-22-15-21-38(32-39)35-16-5-3-6-17-35/h3-34H,1-2H3. The highest BCUT2D eigenvalue weighted by Gasteiger charge is 2.38. The van der Waals surface area contributed by atoms with E-state index < -0.39 is 0 Å². The number of para-hydroxylation sites is 1. The molecule has 2 aromatic heterocycles. The van der Waals surface area contributed by atoms with E-state index in [1.165, 1.54) is 54.8 Å². The van der Waals surface area contributed by atoms with Crippen LogP contribution >= 0.6 is 0 Å². The molecule has 0 saturated heterocycles. The van der Waals surface area contributed by atoms with Gasteiger partial charge in [0.05, 0.1) is 16.7 Å². The van der Waals surface area contributed by atoms with Gasteiger partial charge in [0.1, 0.15) is 0 Å². The van der Waals surface area contributed by atoms with Crippen LogP contribution in [0.25, 0.3) is 105 Å².